The molecule has 0 N–H and O–H groups in total. The van der Waals surface area contributed by atoms with Crippen molar-refractivity contribution in [2.75, 3.05) is 34.2 Å². The van der Waals surface area contributed by atoms with Crippen molar-refractivity contribution >= 4 is 35.8 Å². The average Bonchev–Trinajstić information content (AvgIpc) is 2.79. The van der Waals surface area contributed by atoms with E-state index < -0.39 is 17.9 Å². The molecule has 0 amide bonds. The Balaban J connectivity index is -0.000000174. The summed E-state index contributed by atoms with van der Waals surface area (Å²) in [6, 6.07) is 0. The van der Waals surface area contributed by atoms with E-state index in [1.807, 2.05) is 0 Å². The van der Waals surface area contributed by atoms with E-state index in [-0.39, 0.29) is 37.7 Å². The maximum Gasteiger partial charge on any atom is 0.317 e. The van der Waals surface area contributed by atoms with E-state index in [9.17, 15) is 28.8 Å². The minimum atomic E-state index is -0.571. The van der Waals surface area contributed by atoms with Crippen LogP contribution in [0.5, 0.6) is 0 Å². The van der Waals surface area contributed by atoms with Crippen LogP contribution in [0.1, 0.15) is 67.2 Å². The summed E-state index contributed by atoms with van der Waals surface area (Å²) in [4.78, 5) is 61.5. The van der Waals surface area contributed by atoms with Crippen LogP contribution in [-0.2, 0) is 57.2 Å². The van der Waals surface area contributed by atoms with Gasteiger partial charge in [0.1, 0.15) is 6.42 Å². The Bertz CT molecular complexity index is 551. The first-order valence-corrected chi connectivity index (χ1v) is 10.2. The van der Waals surface area contributed by atoms with E-state index in [0.29, 0.717) is 25.9 Å². The molecule has 0 aliphatic rings. The zero-order valence-corrected chi connectivity index (χ0v) is 20.8. The molecule has 0 heterocycles. The summed E-state index contributed by atoms with van der Waals surface area (Å²) in [5, 5.41) is 0. The van der Waals surface area contributed by atoms with E-state index >= 15 is 0 Å². The maximum absolute atomic E-state index is 10.5. The molecule has 33 heavy (non-hydrogen) atoms. The van der Waals surface area contributed by atoms with Gasteiger partial charge in [0.15, 0.2) is 0 Å². The Kier molecular flexibility index (Phi) is 32.4. The number of carbonyl (C=O) groups excluding carboxylic acids is 6. The normalized spacial score (nSPS) is 8.36. The van der Waals surface area contributed by atoms with Crippen LogP contribution < -0.4 is 0 Å². The fourth-order valence-corrected chi connectivity index (χ4v) is 1.09. The molecule has 0 aromatic heterocycles. The molecule has 0 spiro atoms. The molecule has 194 valence electrons. The first kappa shape index (κ1) is 37.2. The van der Waals surface area contributed by atoms with Crippen LogP contribution in [0.3, 0.4) is 0 Å². The summed E-state index contributed by atoms with van der Waals surface area (Å²) in [6.07, 6.45) is 0.940. The molecular formula is C21H38O12. The van der Waals surface area contributed by atoms with Crippen LogP contribution >= 0.6 is 0 Å². The zero-order chi connectivity index (χ0) is 26.7. The van der Waals surface area contributed by atoms with Crippen molar-refractivity contribution in [1.82, 2.24) is 0 Å². The van der Waals surface area contributed by atoms with E-state index in [0.717, 1.165) is 0 Å². The van der Waals surface area contributed by atoms with Crippen molar-refractivity contribution in [2.24, 2.45) is 0 Å². The minimum Gasteiger partial charge on any atom is -0.469 e. The van der Waals surface area contributed by atoms with Gasteiger partial charge >= 0.3 is 35.8 Å². The molecule has 0 aromatic rings. The van der Waals surface area contributed by atoms with Crippen LogP contribution in [-0.4, -0.2) is 70.0 Å². The second-order valence-corrected chi connectivity index (χ2v) is 5.27. The van der Waals surface area contributed by atoms with Crippen LogP contribution in [0.15, 0.2) is 0 Å². The standard InChI is InChI=1S/2C6H10O4.C5H10O2.C4H8O2/c1-3-10-6(8)4-5(7)9-2;1-3-6(8)10-4-9-5(2)7;1-3-5(6)7-4-2;1-3-4(5)6-2/h2*3-4H2,1-2H3;3-4H2,1-2H3;3H2,1-2H3. The van der Waals surface area contributed by atoms with Gasteiger partial charge in [0.2, 0.25) is 6.79 Å². The number of esters is 6. The fraction of sp³-hybridized carbons (Fsp3) is 0.714. The lowest BCUT2D eigenvalue weighted by Crippen LogP contribution is -2.11. The molecule has 0 saturated heterocycles. The average molecular weight is 483 g/mol. The van der Waals surface area contributed by atoms with Gasteiger partial charge in [0, 0.05) is 26.2 Å². The summed E-state index contributed by atoms with van der Waals surface area (Å²) in [6.45, 7) is 10.4. The van der Waals surface area contributed by atoms with Crippen molar-refractivity contribution in [2.45, 2.75) is 67.2 Å². The molecule has 12 heteroatoms. The molecule has 0 fully saturated rings. The molecule has 0 aliphatic heterocycles. The van der Waals surface area contributed by atoms with Gasteiger partial charge in [-0.1, -0.05) is 20.8 Å². The van der Waals surface area contributed by atoms with E-state index in [1.54, 1.807) is 34.6 Å². The summed E-state index contributed by atoms with van der Waals surface area (Å²) in [5.74, 6) is -2.23. The van der Waals surface area contributed by atoms with Crippen LogP contribution in [0, 0.1) is 0 Å². The summed E-state index contributed by atoms with van der Waals surface area (Å²) >= 11 is 0. The minimum absolute atomic E-state index is 0.123. The first-order chi connectivity index (χ1) is 15.5. The van der Waals surface area contributed by atoms with Crippen LogP contribution in [0.25, 0.3) is 0 Å². The lowest BCUT2D eigenvalue weighted by atomic mass is 10.4. The Morgan fingerprint density at radius 2 is 0.909 bits per heavy atom. The Morgan fingerprint density at radius 1 is 0.515 bits per heavy atom. The van der Waals surface area contributed by atoms with Gasteiger partial charge in [0.05, 0.1) is 27.4 Å². The van der Waals surface area contributed by atoms with E-state index in [1.165, 1.54) is 21.1 Å². The molecule has 0 saturated carbocycles. The summed E-state index contributed by atoms with van der Waals surface area (Å²) in [5.41, 5.74) is 0. The fourth-order valence-electron chi connectivity index (χ4n) is 1.09. The SMILES string of the molecule is CCC(=O)OC.CCC(=O)OCOC(C)=O.CCOC(=O)CC.CCOC(=O)CC(=O)OC. The third kappa shape index (κ3) is 39.8. The highest BCUT2D eigenvalue weighted by Crippen LogP contribution is 1.88. The molecular weight excluding hydrogens is 444 g/mol. The van der Waals surface area contributed by atoms with Gasteiger partial charge in [-0.25, -0.2) is 0 Å². The van der Waals surface area contributed by atoms with Crippen molar-refractivity contribution in [3.05, 3.63) is 0 Å². The van der Waals surface area contributed by atoms with Crippen LogP contribution in [0.4, 0.5) is 0 Å². The van der Waals surface area contributed by atoms with Gasteiger partial charge in [-0.3, -0.25) is 28.8 Å². The number of methoxy groups -OCH3 is 2. The number of rotatable bonds is 9. The molecule has 0 aromatic carbocycles. The Morgan fingerprint density at radius 3 is 1.18 bits per heavy atom. The first-order valence-electron chi connectivity index (χ1n) is 10.2. The molecule has 0 rings (SSSR count). The van der Waals surface area contributed by atoms with Gasteiger partial charge < -0.3 is 28.4 Å². The molecule has 0 aliphatic carbocycles. The Labute approximate surface area is 195 Å². The highest BCUT2D eigenvalue weighted by Gasteiger charge is 2.08. The maximum atomic E-state index is 10.5. The molecule has 0 radical (unpaired) electrons. The van der Waals surface area contributed by atoms with E-state index in [2.05, 4.69) is 28.4 Å². The van der Waals surface area contributed by atoms with E-state index in [4.69, 9.17) is 0 Å². The number of hydrogen-bond donors (Lipinski definition) is 0. The highest BCUT2D eigenvalue weighted by molar-refractivity contribution is 5.91. The van der Waals surface area contributed by atoms with Crippen molar-refractivity contribution < 1.29 is 57.2 Å². The topological polar surface area (TPSA) is 158 Å². The largest absolute Gasteiger partial charge is 0.469 e. The quantitative estimate of drug-likeness (QED) is 0.204. The van der Waals surface area contributed by atoms with Gasteiger partial charge in [-0.2, -0.15) is 0 Å². The zero-order valence-electron chi connectivity index (χ0n) is 20.8. The van der Waals surface area contributed by atoms with Gasteiger partial charge in [0.25, 0.3) is 0 Å². The third-order valence-electron chi connectivity index (χ3n) is 2.70. The smallest absolute Gasteiger partial charge is 0.317 e. The van der Waals surface area contributed by atoms with Crippen molar-refractivity contribution in [3.63, 3.8) is 0 Å². The predicted octanol–water partition coefficient (Wildman–Crippen LogP) is 2.10. The molecule has 12 nitrogen and oxygen atoms in total. The molecule has 0 atom stereocenters. The third-order valence-corrected chi connectivity index (χ3v) is 2.70. The Hall–Kier alpha value is -3.18. The number of ether oxygens (including phenoxy) is 6. The molecule has 0 unspecified atom stereocenters. The second-order valence-electron chi connectivity index (χ2n) is 5.27. The van der Waals surface area contributed by atoms with Crippen molar-refractivity contribution in [1.29, 1.82) is 0 Å². The highest BCUT2D eigenvalue weighted by atomic mass is 16.7. The van der Waals surface area contributed by atoms with Crippen LogP contribution in [0.2, 0.25) is 0 Å². The second kappa shape index (κ2) is 28.8. The summed E-state index contributed by atoms with van der Waals surface area (Å²) < 4.78 is 26.3. The van der Waals surface area contributed by atoms with Gasteiger partial charge in [-0.15, -0.1) is 0 Å². The monoisotopic (exact) mass is 482 g/mol. The molecule has 0 bridgehead atoms. The van der Waals surface area contributed by atoms with Crippen molar-refractivity contribution in [3.8, 4) is 0 Å². The number of carbonyl (C=O) groups is 6. The summed E-state index contributed by atoms with van der Waals surface area (Å²) in [7, 11) is 2.60. The van der Waals surface area contributed by atoms with Gasteiger partial charge in [-0.05, 0) is 13.8 Å². The lowest BCUT2D eigenvalue weighted by Gasteiger charge is -2.01. The number of hydrogen-bond acceptors (Lipinski definition) is 12. The lowest BCUT2D eigenvalue weighted by molar-refractivity contribution is -0.165. The predicted molar refractivity (Wildman–Crippen MR) is 116 cm³/mol.